The summed E-state index contributed by atoms with van der Waals surface area (Å²) in [7, 11) is 1.58. The smallest absolute Gasteiger partial charge is 0.256 e. The lowest BCUT2D eigenvalue weighted by Gasteiger charge is -2.05. The Bertz CT molecular complexity index is 596. The van der Waals surface area contributed by atoms with Gasteiger partial charge in [-0.1, -0.05) is 29.8 Å². The molecule has 0 radical (unpaired) electrons. The predicted molar refractivity (Wildman–Crippen MR) is 77.5 cm³/mol. The standard InChI is InChI=1S/C14H16ClN3O2/c1-10-12(14(19)16-8-9-20-2)13(15)18(17-10)11-6-4-3-5-7-11/h3-7H,8-9H2,1-2H3,(H,16,19). The van der Waals surface area contributed by atoms with E-state index in [0.717, 1.165) is 5.69 Å². The number of nitrogens with zero attached hydrogens (tertiary/aromatic N) is 2. The maximum absolute atomic E-state index is 12.1. The summed E-state index contributed by atoms with van der Waals surface area (Å²) in [4.78, 5) is 12.1. The quantitative estimate of drug-likeness (QED) is 0.860. The Morgan fingerprint density at radius 2 is 2.10 bits per heavy atom. The van der Waals surface area contributed by atoms with Gasteiger partial charge in [-0.05, 0) is 19.1 Å². The van der Waals surface area contributed by atoms with Crippen molar-refractivity contribution in [2.24, 2.45) is 0 Å². The van der Waals surface area contributed by atoms with Gasteiger partial charge in [0.05, 0.1) is 23.6 Å². The minimum Gasteiger partial charge on any atom is -0.383 e. The summed E-state index contributed by atoms with van der Waals surface area (Å²) in [6, 6.07) is 9.45. The first kappa shape index (κ1) is 14.6. The Morgan fingerprint density at radius 3 is 2.75 bits per heavy atom. The number of hydrogen-bond acceptors (Lipinski definition) is 3. The van der Waals surface area contributed by atoms with Crippen molar-refractivity contribution in [1.82, 2.24) is 15.1 Å². The molecule has 106 valence electrons. The number of aryl methyl sites for hydroxylation is 1. The third-order valence-corrected chi connectivity index (χ3v) is 3.17. The van der Waals surface area contributed by atoms with E-state index in [4.69, 9.17) is 16.3 Å². The summed E-state index contributed by atoms with van der Waals surface area (Å²) < 4.78 is 6.45. The molecular formula is C14H16ClN3O2. The summed E-state index contributed by atoms with van der Waals surface area (Å²) >= 11 is 6.28. The molecular weight excluding hydrogens is 278 g/mol. The number of aromatic nitrogens is 2. The highest BCUT2D eigenvalue weighted by Crippen LogP contribution is 2.23. The first-order valence-corrected chi connectivity index (χ1v) is 6.60. The molecule has 0 fully saturated rings. The molecule has 0 aliphatic heterocycles. The molecule has 0 saturated heterocycles. The van der Waals surface area contributed by atoms with E-state index in [-0.39, 0.29) is 5.91 Å². The van der Waals surface area contributed by atoms with Gasteiger partial charge in [0.2, 0.25) is 0 Å². The van der Waals surface area contributed by atoms with Gasteiger partial charge in [-0.2, -0.15) is 5.10 Å². The molecule has 6 heteroatoms. The van der Waals surface area contributed by atoms with Crippen LogP contribution in [0.5, 0.6) is 0 Å². The molecule has 1 amide bonds. The molecule has 0 aliphatic rings. The van der Waals surface area contributed by atoms with Gasteiger partial charge in [-0.3, -0.25) is 4.79 Å². The van der Waals surface area contributed by atoms with Crippen LogP contribution in [0.2, 0.25) is 5.15 Å². The molecule has 2 aromatic rings. The molecule has 0 aliphatic carbocycles. The van der Waals surface area contributed by atoms with Crippen LogP contribution in [0.1, 0.15) is 16.1 Å². The summed E-state index contributed by atoms with van der Waals surface area (Å²) in [5.41, 5.74) is 1.80. The van der Waals surface area contributed by atoms with Gasteiger partial charge in [0.25, 0.3) is 5.91 Å². The fourth-order valence-electron chi connectivity index (χ4n) is 1.85. The summed E-state index contributed by atoms with van der Waals surface area (Å²) in [6.07, 6.45) is 0. The number of halogens is 1. The molecule has 1 N–H and O–H groups in total. The maximum Gasteiger partial charge on any atom is 0.256 e. The number of carbonyl (C=O) groups is 1. The maximum atomic E-state index is 12.1. The van der Waals surface area contributed by atoms with Gasteiger partial charge in [-0.15, -0.1) is 0 Å². The SMILES string of the molecule is COCCNC(=O)c1c(C)nn(-c2ccccc2)c1Cl. The van der Waals surface area contributed by atoms with Crippen molar-refractivity contribution in [2.45, 2.75) is 6.92 Å². The van der Waals surface area contributed by atoms with Gasteiger partial charge < -0.3 is 10.1 Å². The average molecular weight is 294 g/mol. The number of nitrogens with one attached hydrogen (secondary N) is 1. The van der Waals surface area contributed by atoms with Crippen LogP contribution < -0.4 is 5.32 Å². The molecule has 0 unspecified atom stereocenters. The minimum absolute atomic E-state index is 0.244. The molecule has 20 heavy (non-hydrogen) atoms. The summed E-state index contributed by atoms with van der Waals surface area (Å²) in [5.74, 6) is -0.244. The first-order valence-electron chi connectivity index (χ1n) is 6.23. The second kappa shape index (κ2) is 6.54. The number of hydrogen-bond donors (Lipinski definition) is 1. The zero-order chi connectivity index (χ0) is 14.5. The van der Waals surface area contributed by atoms with Crippen LogP contribution in [0.15, 0.2) is 30.3 Å². The fourth-order valence-corrected chi connectivity index (χ4v) is 2.21. The summed E-state index contributed by atoms with van der Waals surface area (Å²) in [5, 5.41) is 7.38. The Kier molecular flexibility index (Phi) is 4.76. The Hall–Kier alpha value is -1.85. The van der Waals surface area contributed by atoms with E-state index in [1.54, 1.807) is 18.7 Å². The number of amides is 1. The van der Waals surface area contributed by atoms with Crippen LogP contribution in [0.4, 0.5) is 0 Å². The summed E-state index contributed by atoms with van der Waals surface area (Å²) in [6.45, 7) is 2.65. The van der Waals surface area contributed by atoms with Crippen LogP contribution in [-0.4, -0.2) is 35.9 Å². The van der Waals surface area contributed by atoms with E-state index < -0.39 is 0 Å². The van der Waals surface area contributed by atoms with E-state index in [2.05, 4.69) is 10.4 Å². The number of benzene rings is 1. The van der Waals surface area contributed by atoms with Crippen molar-refractivity contribution < 1.29 is 9.53 Å². The lowest BCUT2D eigenvalue weighted by molar-refractivity contribution is 0.0936. The molecule has 1 aromatic carbocycles. The van der Waals surface area contributed by atoms with Gasteiger partial charge in [0.1, 0.15) is 5.15 Å². The average Bonchev–Trinajstić information content (AvgIpc) is 2.75. The van der Waals surface area contributed by atoms with Crippen LogP contribution >= 0.6 is 11.6 Å². The van der Waals surface area contributed by atoms with Gasteiger partial charge in [-0.25, -0.2) is 4.68 Å². The molecule has 0 spiro atoms. The normalized spacial score (nSPS) is 10.6. The number of para-hydroxylation sites is 1. The molecule has 2 rings (SSSR count). The van der Waals surface area contributed by atoms with Crippen molar-refractivity contribution in [3.05, 3.63) is 46.7 Å². The highest BCUT2D eigenvalue weighted by atomic mass is 35.5. The van der Waals surface area contributed by atoms with Crippen LogP contribution in [0, 0.1) is 6.92 Å². The Morgan fingerprint density at radius 1 is 1.40 bits per heavy atom. The van der Waals surface area contributed by atoms with Crippen molar-refractivity contribution in [2.75, 3.05) is 20.3 Å². The second-order valence-electron chi connectivity index (χ2n) is 4.25. The topological polar surface area (TPSA) is 56.1 Å². The lowest BCUT2D eigenvalue weighted by Crippen LogP contribution is -2.27. The number of ether oxygens (including phenoxy) is 1. The second-order valence-corrected chi connectivity index (χ2v) is 4.61. The molecule has 5 nitrogen and oxygen atoms in total. The van der Waals surface area contributed by atoms with Crippen molar-refractivity contribution in [1.29, 1.82) is 0 Å². The molecule has 1 heterocycles. The molecule has 0 bridgehead atoms. The van der Waals surface area contributed by atoms with Gasteiger partial charge in [0, 0.05) is 13.7 Å². The number of carbonyl (C=O) groups excluding carboxylic acids is 1. The van der Waals surface area contributed by atoms with E-state index in [1.165, 1.54) is 0 Å². The van der Waals surface area contributed by atoms with E-state index in [1.807, 2.05) is 30.3 Å². The van der Waals surface area contributed by atoms with Crippen LogP contribution in [0.3, 0.4) is 0 Å². The van der Waals surface area contributed by atoms with Crippen molar-refractivity contribution in [3.63, 3.8) is 0 Å². The monoisotopic (exact) mass is 293 g/mol. The molecule has 0 atom stereocenters. The van der Waals surface area contributed by atoms with E-state index in [9.17, 15) is 4.79 Å². The third-order valence-electron chi connectivity index (χ3n) is 2.82. The number of methoxy groups -OCH3 is 1. The zero-order valence-corrected chi connectivity index (χ0v) is 12.1. The van der Waals surface area contributed by atoms with Crippen LogP contribution in [-0.2, 0) is 4.74 Å². The minimum atomic E-state index is -0.244. The first-order chi connectivity index (χ1) is 9.65. The van der Waals surface area contributed by atoms with Gasteiger partial charge >= 0.3 is 0 Å². The van der Waals surface area contributed by atoms with Crippen LogP contribution in [0.25, 0.3) is 5.69 Å². The van der Waals surface area contributed by atoms with Crippen molar-refractivity contribution in [3.8, 4) is 5.69 Å². The zero-order valence-electron chi connectivity index (χ0n) is 11.4. The van der Waals surface area contributed by atoms with E-state index >= 15 is 0 Å². The Labute approximate surface area is 122 Å². The van der Waals surface area contributed by atoms with Gasteiger partial charge in [0.15, 0.2) is 0 Å². The van der Waals surface area contributed by atoms with Crippen molar-refractivity contribution >= 4 is 17.5 Å². The molecule has 0 saturated carbocycles. The fraction of sp³-hybridized carbons (Fsp3) is 0.286. The lowest BCUT2D eigenvalue weighted by atomic mass is 10.2. The molecule has 1 aromatic heterocycles. The van der Waals surface area contributed by atoms with E-state index in [0.29, 0.717) is 29.6 Å². The highest BCUT2D eigenvalue weighted by Gasteiger charge is 2.20. The Balaban J connectivity index is 2.28. The highest BCUT2D eigenvalue weighted by molar-refractivity contribution is 6.33. The third kappa shape index (κ3) is 3.00. The largest absolute Gasteiger partial charge is 0.383 e. The predicted octanol–water partition coefficient (Wildman–Crippen LogP) is 2.21. The number of rotatable bonds is 5.